The van der Waals surface area contributed by atoms with Crippen LogP contribution in [-0.2, 0) is 10.2 Å². The minimum Gasteiger partial charge on any atom is -0.318 e. The molecule has 0 radical (unpaired) electrons. The maximum absolute atomic E-state index is 13.7. The molecule has 118 valence electrons. The Morgan fingerprint density at radius 3 is 2.90 bits per heavy atom. The van der Waals surface area contributed by atoms with Gasteiger partial charge in [-0.25, -0.2) is 4.39 Å². The first-order valence-electron chi connectivity index (χ1n) is 6.83. The van der Waals surface area contributed by atoms with Gasteiger partial charge in [-0.2, -0.15) is 12.7 Å². The molecule has 0 saturated carbocycles. The largest absolute Gasteiger partial charge is 0.318 e. The van der Waals surface area contributed by atoms with E-state index in [4.69, 9.17) is 11.6 Å². The molecular weight excluding hydrogens is 317 g/mol. The summed E-state index contributed by atoms with van der Waals surface area (Å²) in [5.74, 6) is -0.648. The fourth-order valence-corrected chi connectivity index (χ4v) is 4.17. The van der Waals surface area contributed by atoms with Gasteiger partial charge in [0.1, 0.15) is 5.82 Å². The van der Waals surface area contributed by atoms with E-state index in [2.05, 4.69) is 10.0 Å². The van der Waals surface area contributed by atoms with Gasteiger partial charge >= 0.3 is 10.2 Å². The highest BCUT2D eigenvalue weighted by molar-refractivity contribution is 7.90. The molecule has 0 amide bonds. The van der Waals surface area contributed by atoms with E-state index in [-0.39, 0.29) is 16.8 Å². The van der Waals surface area contributed by atoms with E-state index < -0.39 is 16.0 Å². The third-order valence-electron chi connectivity index (χ3n) is 3.49. The molecule has 2 rings (SSSR count). The molecule has 1 unspecified atom stereocenters. The number of benzene rings is 1. The Labute approximate surface area is 129 Å². The molecule has 0 aromatic heterocycles. The maximum Gasteiger partial charge on any atom is 0.302 e. The normalized spacial score (nSPS) is 20.4. The third-order valence-corrected chi connectivity index (χ3v) is 5.30. The Balaban J connectivity index is 2.22. The molecule has 8 heteroatoms. The Bertz CT molecular complexity index is 595. The van der Waals surface area contributed by atoms with Crippen LogP contribution in [0.2, 0.25) is 5.02 Å². The van der Waals surface area contributed by atoms with Gasteiger partial charge in [-0.15, -0.1) is 0 Å². The van der Waals surface area contributed by atoms with Crippen LogP contribution in [-0.4, -0.2) is 38.9 Å². The fraction of sp³-hybridized carbons (Fsp3) is 0.538. The molecule has 1 aliphatic rings. The molecule has 1 aromatic rings. The summed E-state index contributed by atoms with van der Waals surface area (Å²) in [4.78, 5) is 0. The van der Waals surface area contributed by atoms with Gasteiger partial charge in [-0.1, -0.05) is 18.0 Å². The molecule has 1 aromatic carbocycles. The van der Waals surface area contributed by atoms with Crippen molar-refractivity contribution in [1.29, 1.82) is 0 Å². The van der Waals surface area contributed by atoms with Crippen LogP contribution in [0, 0.1) is 5.82 Å². The first-order valence-corrected chi connectivity index (χ1v) is 8.65. The van der Waals surface area contributed by atoms with Crippen LogP contribution in [0.25, 0.3) is 0 Å². The van der Waals surface area contributed by atoms with E-state index in [1.807, 2.05) is 0 Å². The van der Waals surface area contributed by atoms with E-state index >= 15 is 0 Å². The zero-order chi connectivity index (χ0) is 15.5. The minimum absolute atomic E-state index is 0.122. The summed E-state index contributed by atoms with van der Waals surface area (Å²) < 4.78 is 42.4. The summed E-state index contributed by atoms with van der Waals surface area (Å²) in [5.41, 5.74) is -0.128. The molecular formula is C13H19ClFN3O2S. The van der Waals surface area contributed by atoms with E-state index in [9.17, 15) is 12.8 Å². The number of rotatable bonds is 5. The summed E-state index contributed by atoms with van der Waals surface area (Å²) in [7, 11) is -2.02. The Morgan fingerprint density at radius 1 is 1.43 bits per heavy atom. The predicted octanol–water partition coefficient (Wildman–Crippen LogP) is 2.21. The molecule has 1 fully saturated rings. The minimum atomic E-state index is -3.80. The molecule has 0 aliphatic carbocycles. The van der Waals surface area contributed by atoms with Gasteiger partial charge in [0.25, 0.3) is 0 Å². The van der Waals surface area contributed by atoms with Gasteiger partial charge in [0, 0.05) is 24.2 Å². The number of hydrogen-bond donors (Lipinski definition) is 2. The number of nitrogens with one attached hydrogen (secondary N) is 2. The van der Waals surface area contributed by atoms with E-state index in [1.54, 1.807) is 7.05 Å². The molecule has 1 aliphatic heterocycles. The van der Waals surface area contributed by atoms with Gasteiger partial charge in [0.05, 0.1) is 5.69 Å². The van der Waals surface area contributed by atoms with Crippen molar-refractivity contribution >= 4 is 27.5 Å². The highest BCUT2D eigenvalue weighted by atomic mass is 35.5. The predicted molar refractivity (Wildman–Crippen MR) is 82.2 cm³/mol. The average molecular weight is 336 g/mol. The Kier molecular flexibility index (Phi) is 5.43. The zero-order valence-electron chi connectivity index (χ0n) is 11.8. The van der Waals surface area contributed by atoms with Gasteiger partial charge in [0.2, 0.25) is 0 Å². The van der Waals surface area contributed by atoms with E-state index in [0.717, 1.165) is 25.3 Å². The second-order valence-electron chi connectivity index (χ2n) is 5.05. The number of nitrogens with zero attached hydrogens (tertiary/aromatic N) is 1. The molecule has 2 N–H and O–H groups in total. The van der Waals surface area contributed by atoms with Crippen molar-refractivity contribution in [2.75, 3.05) is 24.9 Å². The SMILES string of the molecule is CNCC1CCCCN1S(=O)(=O)Nc1cc(Cl)ccc1F. The van der Waals surface area contributed by atoms with Crippen LogP contribution >= 0.6 is 11.6 Å². The lowest BCUT2D eigenvalue weighted by Gasteiger charge is -2.34. The number of halogens is 2. The fourth-order valence-electron chi connectivity index (χ4n) is 2.50. The Morgan fingerprint density at radius 2 is 2.19 bits per heavy atom. The maximum atomic E-state index is 13.7. The molecule has 0 spiro atoms. The highest BCUT2D eigenvalue weighted by Crippen LogP contribution is 2.25. The molecule has 21 heavy (non-hydrogen) atoms. The number of likely N-dealkylation sites (N-methyl/N-ethyl adjacent to an activating group) is 1. The zero-order valence-corrected chi connectivity index (χ0v) is 13.3. The van der Waals surface area contributed by atoms with E-state index in [1.165, 1.54) is 16.4 Å². The second kappa shape index (κ2) is 6.91. The van der Waals surface area contributed by atoms with Crippen LogP contribution in [0.4, 0.5) is 10.1 Å². The average Bonchev–Trinajstić information content (AvgIpc) is 2.43. The molecule has 5 nitrogen and oxygen atoms in total. The first kappa shape index (κ1) is 16.5. The van der Waals surface area contributed by atoms with Crippen molar-refractivity contribution in [3.63, 3.8) is 0 Å². The summed E-state index contributed by atoms with van der Waals surface area (Å²) >= 11 is 5.78. The van der Waals surface area contributed by atoms with Crippen LogP contribution in [0.3, 0.4) is 0 Å². The smallest absolute Gasteiger partial charge is 0.302 e. The van der Waals surface area contributed by atoms with Crippen molar-refractivity contribution < 1.29 is 12.8 Å². The summed E-state index contributed by atoms with van der Waals surface area (Å²) in [6.45, 7) is 1.00. The van der Waals surface area contributed by atoms with Crippen molar-refractivity contribution in [2.45, 2.75) is 25.3 Å². The van der Waals surface area contributed by atoms with Crippen LogP contribution in [0.5, 0.6) is 0 Å². The molecule has 1 saturated heterocycles. The first-order chi connectivity index (χ1) is 9.94. The molecule has 1 heterocycles. The Hall–Kier alpha value is -0.890. The second-order valence-corrected chi connectivity index (χ2v) is 7.11. The molecule has 1 atom stereocenters. The monoisotopic (exact) mass is 335 g/mol. The highest BCUT2D eigenvalue weighted by Gasteiger charge is 2.32. The van der Waals surface area contributed by atoms with Gasteiger partial charge in [-0.3, -0.25) is 4.72 Å². The van der Waals surface area contributed by atoms with Crippen molar-refractivity contribution in [3.05, 3.63) is 29.0 Å². The van der Waals surface area contributed by atoms with Crippen LogP contribution < -0.4 is 10.0 Å². The lowest BCUT2D eigenvalue weighted by atomic mass is 10.1. The number of hydrogen-bond acceptors (Lipinski definition) is 3. The van der Waals surface area contributed by atoms with Gasteiger partial charge in [-0.05, 0) is 38.1 Å². The summed E-state index contributed by atoms with van der Waals surface area (Å²) in [5, 5.41) is 3.27. The third kappa shape index (κ3) is 4.06. The van der Waals surface area contributed by atoms with Crippen molar-refractivity contribution in [1.82, 2.24) is 9.62 Å². The van der Waals surface area contributed by atoms with Crippen molar-refractivity contribution in [3.8, 4) is 0 Å². The van der Waals surface area contributed by atoms with Gasteiger partial charge < -0.3 is 5.32 Å². The molecule has 0 bridgehead atoms. The van der Waals surface area contributed by atoms with Crippen LogP contribution in [0.1, 0.15) is 19.3 Å². The lowest BCUT2D eigenvalue weighted by Crippen LogP contribution is -2.50. The number of anilines is 1. The van der Waals surface area contributed by atoms with E-state index in [0.29, 0.717) is 13.1 Å². The standard InChI is InChI=1S/C13H19ClFN3O2S/c1-16-9-11-4-2-3-7-18(11)21(19,20)17-13-8-10(14)5-6-12(13)15/h5-6,8,11,16-17H,2-4,7,9H2,1H3. The number of piperidine rings is 1. The summed E-state index contributed by atoms with van der Waals surface area (Å²) in [6.07, 6.45) is 2.59. The van der Waals surface area contributed by atoms with Crippen LogP contribution in [0.15, 0.2) is 18.2 Å². The quantitative estimate of drug-likeness (QED) is 0.867. The lowest BCUT2D eigenvalue weighted by molar-refractivity contribution is 0.250. The van der Waals surface area contributed by atoms with Crippen molar-refractivity contribution in [2.24, 2.45) is 0 Å². The topological polar surface area (TPSA) is 61.4 Å². The van der Waals surface area contributed by atoms with Gasteiger partial charge in [0.15, 0.2) is 0 Å². The summed E-state index contributed by atoms with van der Waals surface area (Å²) in [6, 6.07) is 3.66.